The minimum atomic E-state index is -0.123. The van der Waals surface area contributed by atoms with E-state index in [-0.39, 0.29) is 10.2 Å². The van der Waals surface area contributed by atoms with Crippen LogP contribution in [0.2, 0.25) is 0 Å². The van der Waals surface area contributed by atoms with Crippen LogP contribution in [0.3, 0.4) is 0 Å². The minimum absolute atomic E-state index is 0. The number of aryl methyl sites for hydroxylation is 1. The molecule has 0 saturated carbocycles. The smallest absolute Gasteiger partial charge is 0.251 e. The van der Waals surface area contributed by atoms with Gasteiger partial charge in [-0.25, -0.2) is 4.98 Å². The van der Waals surface area contributed by atoms with E-state index in [2.05, 4.69) is 42.7 Å². The Kier molecular flexibility index (Phi) is 6.27. The van der Waals surface area contributed by atoms with Gasteiger partial charge in [0.05, 0.1) is 6.54 Å². The lowest BCUT2D eigenvalue weighted by Crippen LogP contribution is -2.23. The highest BCUT2D eigenvalue weighted by atomic mass is 16.1. The highest BCUT2D eigenvalue weighted by molar-refractivity contribution is 5.95. The van der Waals surface area contributed by atoms with Gasteiger partial charge in [-0.05, 0) is 53.9 Å². The lowest BCUT2D eigenvalue weighted by Gasteiger charge is -2.10. The van der Waals surface area contributed by atoms with E-state index in [0.717, 1.165) is 28.8 Å². The molecule has 3 aromatic heterocycles. The van der Waals surface area contributed by atoms with E-state index in [0.29, 0.717) is 30.3 Å². The van der Waals surface area contributed by atoms with Gasteiger partial charge in [0.2, 0.25) is 0 Å². The SMILES string of the molecule is CCc1cnccc1CNC(=O)c1cccc(NCc2nc(-c3ccncc3)n[nH]2)c1.[HH].[HH].[HH]. The third-order valence-electron chi connectivity index (χ3n) is 4.88. The molecule has 0 aliphatic carbocycles. The fourth-order valence-corrected chi connectivity index (χ4v) is 3.18. The summed E-state index contributed by atoms with van der Waals surface area (Å²) in [4.78, 5) is 25.2. The van der Waals surface area contributed by atoms with Crippen molar-refractivity contribution in [2.45, 2.75) is 26.4 Å². The summed E-state index contributed by atoms with van der Waals surface area (Å²) >= 11 is 0. The van der Waals surface area contributed by atoms with Gasteiger partial charge in [0, 0.05) is 52.4 Å². The number of aromatic amines is 1. The molecule has 0 atom stereocenters. The van der Waals surface area contributed by atoms with Gasteiger partial charge in [-0.1, -0.05) is 13.0 Å². The number of nitrogens with one attached hydrogen (secondary N) is 3. The Morgan fingerprint density at radius 2 is 1.87 bits per heavy atom. The van der Waals surface area contributed by atoms with Crippen LogP contribution in [-0.2, 0) is 19.5 Å². The van der Waals surface area contributed by atoms with Crippen molar-refractivity contribution in [3.63, 3.8) is 0 Å². The molecule has 1 amide bonds. The predicted octanol–water partition coefficient (Wildman–Crippen LogP) is 4.10. The second kappa shape index (κ2) is 9.62. The molecular formula is C23H29N7O. The summed E-state index contributed by atoms with van der Waals surface area (Å²) < 4.78 is 0. The van der Waals surface area contributed by atoms with E-state index in [4.69, 9.17) is 0 Å². The molecule has 0 fully saturated rings. The number of anilines is 1. The molecule has 0 unspecified atom stereocenters. The zero-order valence-electron chi connectivity index (χ0n) is 17.2. The normalized spacial score (nSPS) is 10.6. The Morgan fingerprint density at radius 1 is 1.03 bits per heavy atom. The number of nitrogens with zero attached hydrogens (tertiary/aromatic N) is 4. The highest BCUT2D eigenvalue weighted by Gasteiger charge is 2.09. The standard InChI is InChI=1S/C23H23N7O.3H2/c1-2-16-13-25-11-8-19(16)14-27-23(31)18-4-3-5-20(12-18)26-15-21-28-22(30-29-21)17-6-9-24-10-7-17;;;/h3-13,26H,2,14-15H2,1H3,(H,27,31)(H,28,29,30);3*1H. The van der Waals surface area contributed by atoms with Crippen LogP contribution < -0.4 is 10.6 Å². The molecule has 31 heavy (non-hydrogen) atoms. The summed E-state index contributed by atoms with van der Waals surface area (Å²) in [5, 5.41) is 13.4. The quantitative estimate of drug-likeness (QED) is 0.397. The van der Waals surface area contributed by atoms with Gasteiger partial charge in [-0.2, -0.15) is 5.10 Å². The maximum atomic E-state index is 12.6. The molecular weight excluding hydrogens is 390 g/mol. The van der Waals surface area contributed by atoms with Gasteiger partial charge in [0.15, 0.2) is 5.82 Å². The van der Waals surface area contributed by atoms with E-state index in [9.17, 15) is 4.79 Å². The van der Waals surface area contributed by atoms with Gasteiger partial charge in [-0.3, -0.25) is 19.9 Å². The van der Waals surface area contributed by atoms with Crippen LogP contribution in [0.15, 0.2) is 67.3 Å². The lowest BCUT2D eigenvalue weighted by molar-refractivity contribution is 0.0951. The maximum absolute atomic E-state index is 12.6. The third-order valence-corrected chi connectivity index (χ3v) is 4.88. The van der Waals surface area contributed by atoms with E-state index in [1.165, 1.54) is 0 Å². The van der Waals surface area contributed by atoms with Gasteiger partial charge in [0.25, 0.3) is 5.91 Å². The molecule has 0 spiro atoms. The fourth-order valence-electron chi connectivity index (χ4n) is 3.18. The Balaban J connectivity index is 0.00000193. The molecule has 0 saturated heterocycles. The van der Waals surface area contributed by atoms with Crippen molar-refractivity contribution in [2.75, 3.05) is 5.32 Å². The van der Waals surface area contributed by atoms with Crippen molar-refractivity contribution in [3.8, 4) is 11.4 Å². The number of H-pyrrole nitrogens is 1. The zero-order chi connectivity index (χ0) is 21.5. The summed E-state index contributed by atoms with van der Waals surface area (Å²) in [7, 11) is 0. The fraction of sp³-hybridized carbons (Fsp3) is 0.174. The van der Waals surface area contributed by atoms with Crippen LogP contribution in [0, 0.1) is 0 Å². The Bertz CT molecular complexity index is 1170. The topological polar surface area (TPSA) is 108 Å². The lowest BCUT2D eigenvalue weighted by atomic mass is 10.1. The molecule has 8 nitrogen and oxygen atoms in total. The van der Waals surface area contributed by atoms with E-state index < -0.39 is 0 Å². The number of aromatic nitrogens is 5. The number of pyridine rings is 2. The molecule has 4 aromatic rings. The third kappa shape index (κ3) is 5.11. The molecule has 0 aliphatic rings. The second-order valence-corrected chi connectivity index (χ2v) is 6.96. The van der Waals surface area contributed by atoms with Crippen LogP contribution in [0.4, 0.5) is 5.69 Å². The molecule has 3 N–H and O–H groups in total. The van der Waals surface area contributed by atoms with Gasteiger partial charge in [0.1, 0.15) is 5.82 Å². The maximum Gasteiger partial charge on any atom is 0.251 e. The Morgan fingerprint density at radius 3 is 2.71 bits per heavy atom. The zero-order valence-corrected chi connectivity index (χ0v) is 17.2. The van der Waals surface area contributed by atoms with Crippen LogP contribution in [0.5, 0.6) is 0 Å². The number of hydrogen-bond donors (Lipinski definition) is 3. The summed E-state index contributed by atoms with van der Waals surface area (Å²) in [6, 6.07) is 13.0. The van der Waals surface area contributed by atoms with Crippen molar-refractivity contribution >= 4 is 11.6 Å². The van der Waals surface area contributed by atoms with Crippen LogP contribution >= 0.6 is 0 Å². The first-order valence-corrected chi connectivity index (χ1v) is 10.1. The van der Waals surface area contributed by atoms with Crippen LogP contribution in [0.1, 0.15) is 38.5 Å². The summed E-state index contributed by atoms with van der Waals surface area (Å²) in [6.07, 6.45) is 7.88. The van der Waals surface area contributed by atoms with Gasteiger partial charge < -0.3 is 10.6 Å². The van der Waals surface area contributed by atoms with Crippen molar-refractivity contribution < 1.29 is 9.07 Å². The monoisotopic (exact) mass is 419 g/mol. The molecule has 8 heteroatoms. The number of carbonyl (C=O) groups excluding carboxylic acids is 1. The number of carbonyl (C=O) groups is 1. The predicted molar refractivity (Wildman–Crippen MR) is 125 cm³/mol. The number of amides is 1. The van der Waals surface area contributed by atoms with Gasteiger partial charge >= 0.3 is 0 Å². The average Bonchev–Trinajstić information content (AvgIpc) is 3.31. The molecule has 1 aromatic carbocycles. The number of benzene rings is 1. The number of hydrogen-bond acceptors (Lipinski definition) is 6. The van der Waals surface area contributed by atoms with Gasteiger partial charge in [-0.15, -0.1) is 0 Å². The first-order chi connectivity index (χ1) is 15.2. The first kappa shape index (κ1) is 20.2. The average molecular weight is 420 g/mol. The summed E-state index contributed by atoms with van der Waals surface area (Å²) in [5.41, 5.74) is 4.53. The molecule has 0 bridgehead atoms. The second-order valence-electron chi connectivity index (χ2n) is 6.96. The minimum Gasteiger partial charge on any atom is -0.378 e. The van der Waals surface area contributed by atoms with Crippen LogP contribution in [-0.4, -0.2) is 31.1 Å². The summed E-state index contributed by atoms with van der Waals surface area (Å²) in [5.74, 6) is 1.20. The molecule has 4 rings (SSSR count). The molecule has 0 radical (unpaired) electrons. The van der Waals surface area contributed by atoms with E-state index >= 15 is 0 Å². The molecule has 3 heterocycles. The van der Waals surface area contributed by atoms with E-state index in [1.54, 1.807) is 24.7 Å². The van der Waals surface area contributed by atoms with Crippen molar-refractivity contribution in [2.24, 2.45) is 0 Å². The first-order valence-electron chi connectivity index (χ1n) is 10.1. The van der Waals surface area contributed by atoms with Crippen LogP contribution in [0.25, 0.3) is 11.4 Å². The molecule has 0 aliphatic heterocycles. The summed E-state index contributed by atoms with van der Waals surface area (Å²) in [6.45, 7) is 3.00. The molecule has 162 valence electrons. The van der Waals surface area contributed by atoms with Crippen molar-refractivity contribution in [1.29, 1.82) is 0 Å². The van der Waals surface area contributed by atoms with Crippen molar-refractivity contribution in [1.82, 2.24) is 30.5 Å². The highest BCUT2D eigenvalue weighted by Crippen LogP contribution is 2.15. The van der Waals surface area contributed by atoms with E-state index in [1.807, 2.05) is 42.6 Å². The van der Waals surface area contributed by atoms with Crippen molar-refractivity contribution in [3.05, 3.63) is 89.8 Å². The Hall–Kier alpha value is -4.07. The number of rotatable bonds is 8. The largest absolute Gasteiger partial charge is 0.378 e. The Labute approximate surface area is 184 Å².